The molecule has 1 aliphatic rings. The van der Waals surface area contributed by atoms with Crippen LogP contribution in [0.15, 0.2) is 425 Å². The number of nitrogens with zero attached hydrogens (tertiary/aromatic N) is 10. The molecule has 0 N–H and O–H groups in total. The number of aromatic nitrogens is 10. The Labute approximate surface area is 728 Å². The maximum atomic E-state index is 5.13. The standard InChI is InChI=1S/C58H37N5.C57H35N5S/c1-4-14-37(15-5-1)56-59-57(38-16-6-2-7-17-38)61-58(60-56)43-25-24-41-32-42-26-29-45(36-49(42)48(41)35-43)63-53-23-13-11-21-47(53)51-34-40(28-31-55(51)63)39-27-30-54-50(33-39)46-20-10-12-22-52(46)62(54)44-18-8-3-9-19-44;1-4-16-36(17-5-1)55-58-56(37-18-6-2-7-19-37)60-57(59-55)45-26-14-24-43-44-25-15-29-52(54(44)63-53(43)45)62-49-28-13-11-23-42(49)47-35-39(31-33-51(47)62)38-30-32-50-46(34-38)41-22-10-12-27-48(41)61(50)40-20-8-3-9-21-40/h1-31,33-36H,32H2;1-35H. The molecule has 0 atom stereocenters. The first-order valence-electron chi connectivity index (χ1n) is 42.7. The summed E-state index contributed by atoms with van der Waals surface area (Å²) in [6.45, 7) is 0. The molecule has 18 aromatic carbocycles. The lowest BCUT2D eigenvalue weighted by Crippen LogP contribution is -2.00. The van der Waals surface area contributed by atoms with Crippen LogP contribution < -0.4 is 0 Å². The Hall–Kier alpha value is -16.6. The Morgan fingerprint density at radius 1 is 0.175 bits per heavy atom. The van der Waals surface area contributed by atoms with E-state index in [1.807, 2.05) is 84.1 Å². The second kappa shape index (κ2) is 29.6. The van der Waals surface area contributed by atoms with Gasteiger partial charge in [-0.15, -0.1) is 11.3 Å². The summed E-state index contributed by atoms with van der Waals surface area (Å²) >= 11 is 1.81. The lowest BCUT2D eigenvalue weighted by Gasteiger charge is -2.12. The molecule has 7 aromatic heterocycles. The van der Waals surface area contributed by atoms with Crippen molar-refractivity contribution in [2.75, 3.05) is 0 Å². The van der Waals surface area contributed by atoms with Crippen molar-refractivity contribution in [3.63, 3.8) is 0 Å². The second-order valence-electron chi connectivity index (χ2n) is 32.4. The third-order valence-corrected chi connectivity index (χ3v) is 26.4. The predicted molar refractivity (Wildman–Crippen MR) is 522 cm³/mol. The molecule has 10 nitrogen and oxygen atoms in total. The van der Waals surface area contributed by atoms with Crippen molar-refractivity contribution in [3.05, 3.63) is 436 Å². The summed E-state index contributed by atoms with van der Waals surface area (Å²) in [5, 5.41) is 12.3. The number of para-hydroxylation sites is 6. The normalized spacial score (nSPS) is 11.9. The van der Waals surface area contributed by atoms with Crippen LogP contribution in [0.3, 0.4) is 0 Å². The van der Waals surface area contributed by atoms with Crippen LogP contribution in [0.25, 0.3) is 232 Å². The monoisotopic (exact) mass is 1620 g/mol. The quantitative estimate of drug-likeness (QED) is 0.121. The van der Waals surface area contributed by atoms with E-state index in [0.29, 0.717) is 34.9 Å². The van der Waals surface area contributed by atoms with Gasteiger partial charge in [0.2, 0.25) is 0 Å². The Kier molecular flexibility index (Phi) is 17.0. The number of fused-ring (bicyclic) bond motifs is 18. The van der Waals surface area contributed by atoms with Crippen molar-refractivity contribution in [3.8, 4) is 124 Å². The zero-order valence-electron chi connectivity index (χ0n) is 68.0. The molecule has 0 radical (unpaired) electrons. The fraction of sp³-hybridized carbons (Fsp3) is 0.00870. The van der Waals surface area contributed by atoms with Gasteiger partial charge in [0.05, 0.1) is 54.5 Å². The Balaban J connectivity index is 0.000000137. The zero-order chi connectivity index (χ0) is 82.9. The molecular formula is C115H72N10S. The topological polar surface area (TPSA) is 97.1 Å². The molecular weight excluding hydrogens is 1550 g/mol. The van der Waals surface area contributed by atoms with Gasteiger partial charge in [0, 0.05) is 109 Å². The fourth-order valence-electron chi connectivity index (χ4n) is 19.3. The highest BCUT2D eigenvalue weighted by molar-refractivity contribution is 7.26. The average Bonchev–Trinajstić information content (AvgIpc) is 1.58. The van der Waals surface area contributed by atoms with E-state index >= 15 is 0 Å². The van der Waals surface area contributed by atoms with Crippen molar-refractivity contribution in [2.45, 2.75) is 6.42 Å². The van der Waals surface area contributed by atoms with E-state index < -0.39 is 0 Å². The maximum Gasteiger partial charge on any atom is 0.165 e. The molecule has 1 aliphatic carbocycles. The first-order valence-corrected chi connectivity index (χ1v) is 43.5. The molecule has 11 heteroatoms. The van der Waals surface area contributed by atoms with Gasteiger partial charge in [-0.3, -0.25) is 0 Å². The lowest BCUT2D eigenvalue weighted by molar-refractivity contribution is 1.07. The molecule has 588 valence electrons. The van der Waals surface area contributed by atoms with Gasteiger partial charge in [-0.2, -0.15) is 0 Å². The Bertz CT molecular complexity index is 8550. The van der Waals surface area contributed by atoms with Gasteiger partial charge >= 0.3 is 0 Å². The van der Waals surface area contributed by atoms with Crippen LogP contribution in [0, 0.1) is 0 Å². The van der Waals surface area contributed by atoms with E-state index in [0.717, 1.165) is 61.6 Å². The predicted octanol–water partition coefficient (Wildman–Crippen LogP) is 29.4. The van der Waals surface area contributed by atoms with Crippen LogP contribution in [0.2, 0.25) is 0 Å². The SMILES string of the molecule is c1ccc(-c2nc(-c3ccccc3)nc(-c3ccc4c(c3)-c3cc(-n5c6ccccc6c6cc(-c7ccc8c(c7)c7ccccc7n8-c7ccccc7)ccc65)ccc3C4)n2)cc1.c1ccc(-c2nc(-c3ccccc3)nc(-c3cccc4c3sc3c(-n5c6ccccc6c6cc(-c7ccc8c(c7)c7ccccc7n8-c7ccccc7)ccc65)cccc34)n2)cc1. The highest BCUT2D eigenvalue weighted by atomic mass is 32.1. The summed E-state index contributed by atoms with van der Waals surface area (Å²) in [5.41, 5.74) is 29.8. The number of rotatable bonds is 12. The summed E-state index contributed by atoms with van der Waals surface area (Å²) in [4.78, 5) is 30.3. The summed E-state index contributed by atoms with van der Waals surface area (Å²) in [6.07, 6.45) is 0.887. The zero-order valence-corrected chi connectivity index (χ0v) is 68.8. The Morgan fingerprint density at radius 2 is 0.476 bits per heavy atom. The highest BCUT2D eigenvalue weighted by Gasteiger charge is 2.27. The summed E-state index contributed by atoms with van der Waals surface area (Å²) in [6, 6.07) is 152. The van der Waals surface area contributed by atoms with E-state index in [1.165, 1.54) is 153 Å². The molecule has 7 heterocycles. The summed E-state index contributed by atoms with van der Waals surface area (Å²) < 4.78 is 12.0. The fourth-order valence-corrected chi connectivity index (χ4v) is 20.6. The van der Waals surface area contributed by atoms with Gasteiger partial charge in [0.25, 0.3) is 0 Å². The van der Waals surface area contributed by atoms with Gasteiger partial charge in [-0.05, 0) is 178 Å². The van der Waals surface area contributed by atoms with Gasteiger partial charge in [0.15, 0.2) is 34.9 Å². The summed E-state index contributed by atoms with van der Waals surface area (Å²) in [5.74, 6) is 3.95. The molecule has 0 fully saturated rings. The van der Waals surface area contributed by atoms with Crippen LogP contribution in [0.1, 0.15) is 11.1 Å². The molecule has 126 heavy (non-hydrogen) atoms. The van der Waals surface area contributed by atoms with E-state index in [4.69, 9.17) is 29.9 Å². The first kappa shape index (κ1) is 72.2. The Morgan fingerprint density at radius 3 is 0.897 bits per heavy atom. The van der Waals surface area contributed by atoms with Crippen LogP contribution in [0.5, 0.6) is 0 Å². The number of benzene rings is 18. The molecule has 0 amide bonds. The summed E-state index contributed by atoms with van der Waals surface area (Å²) in [7, 11) is 0. The van der Waals surface area contributed by atoms with Crippen molar-refractivity contribution in [1.82, 2.24) is 48.2 Å². The molecule has 0 spiro atoms. The number of hydrogen-bond donors (Lipinski definition) is 0. The largest absolute Gasteiger partial charge is 0.309 e. The minimum atomic E-state index is 0.654. The molecule has 0 unspecified atom stereocenters. The molecule has 26 rings (SSSR count). The van der Waals surface area contributed by atoms with Crippen molar-refractivity contribution in [2.24, 2.45) is 0 Å². The van der Waals surface area contributed by atoms with Gasteiger partial charge in [-0.1, -0.05) is 297 Å². The smallest absolute Gasteiger partial charge is 0.165 e. The number of thiophene rings is 1. The van der Waals surface area contributed by atoms with Crippen molar-refractivity contribution in [1.29, 1.82) is 0 Å². The minimum Gasteiger partial charge on any atom is -0.309 e. The third-order valence-electron chi connectivity index (χ3n) is 25.2. The van der Waals surface area contributed by atoms with Crippen molar-refractivity contribution >= 4 is 119 Å². The van der Waals surface area contributed by atoms with Crippen molar-refractivity contribution < 1.29 is 0 Å². The van der Waals surface area contributed by atoms with Gasteiger partial charge in [0.1, 0.15) is 0 Å². The van der Waals surface area contributed by atoms with E-state index in [1.54, 1.807) is 0 Å². The van der Waals surface area contributed by atoms with E-state index in [-0.39, 0.29) is 0 Å². The highest BCUT2D eigenvalue weighted by Crippen LogP contribution is 2.48. The van der Waals surface area contributed by atoms with E-state index in [2.05, 4.69) is 370 Å². The number of hydrogen-bond acceptors (Lipinski definition) is 7. The van der Waals surface area contributed by atoms with Crippen LogP contribution in [0.4, 0.5) is 0 Å². The molecule has 0 saturated heterocycles. The van der Waals surface area contributed by atoms with Crippen LogP contribution >= 0.6 is 11.3 Å². The molecule has 0 aliphatic heterocycles. The van der Waals surface area contributed by atoms with Crippen LogP contribution in [-0.4, -0.2) is 48.2 Å². The maximum absolute atomic E-state index is 5.13. The molecule has 25 aromatic rings. The van der Waals surface area contributed by atoms with Crippen LogP contribution in [-0.2, 0) is 6.42 Å². The van der Waals surface area contributed by atoms with E-state index in [9.17, 15) is 0 Å². The third kappa shape index (κ3) is 12.1. The average molecular weight is 1630 g/mol. The molecule has 0 bridgehead atoms. The first-order chi connectivity index (χ1) is 62.5. The second-order valence-corrected chi connectivity index (χ2v) is 33.4. The lowest BCUT2D eigenvalue weighted by atomic mass is 10.0. The van der Waals surface area contributed by atoms with Gasteiger partial charge in [-0.25, -0.2) is 29.9 Å². The van der Waals surface area contributed by atoms with Gasteiger partial charge < -0.3 is 18.3 Å². The molecule has 0 saturated carbocycles. The minimum absolute atomic E-state index is 0.654.